The number of cyclic esters (lactones) is 4. The molecular weight excluding hydrogens is 1420 g/mol. The molecule has 0 spiro atoms. The normalized spacial score (nSPS) is 25.8. The molecule has 109 heavy (non-hydrogen) atoms. The Balaban J connectivity index is 0.000000341. The van der Waals surface area contributed by atoms with Crippen LogP contribution in [0.2, 0.25) is 0 Å². The fourth-order valence-electron chi connectivity index (χ4n) is 11.0. The van der Waals surface area contributed by atoms with E-state index in [1.807, 2.05) is 0 Å². The molecule has 8 bridgehead atoms. The topological polar surface area (TPSA) is 408 Å². The van der Waals surface area contributed by atoms with Crippen LogP contribution in [-0.2, 0) is 61.8 Å². The maximum absolute atomic E-state index is 13.3. The van der Waals surface area contributed by atoms with Crippen molar-refractivity contribution in [1.29, 1.82) is 0 Å². The van der Waals surface area contributed by atoms with Gasteiger partial charge in [0.15, 0.2) is 22.8 Å². The number of aromatic nitrogens is 4. The fourth-order valence-corrected chi connectivity index (χ4v) is 11.0. The first-order chi connectivity index (χ1) is 52.2. The molecule has 0 aromatic carbocycles. The molecule has 3 aliphatic heterocycles. The minimum absolute atomic E-state index is 0.00405. The zero-order valence-electron chi connectivity index (χ0n) is 62.4. The molecule has 7 rings (SSSR count). The molecule has 14 atom stereocenters. The van der Waals surface area contributed by atoms with Crippen LogP contribution in [0.1, 0.15) is 147 Å². The lowest BCUT2D eigenvalue weighted by atomic mass is 9.76. The highest BCUT2D eigenvalue weighted by Crippen LogP contribution is 2.39. The molecular formula is C80H92N4O25. The zero-order valence-corrected chi connectivity index (χ0v) is 62.4. The number of epoxide rings is 1. The highest BCUT2D eigenvalue weighted by molar-refractivity contribution is 5.90. The third-order valence-corrected chi connectivity index (χ3v) is 17.9. The standard InChI is InChI=1S/C40H46N2O13.C40H46N2O12/c1-7-15-29(43)39(3,37(47)49-5)31-18-12-10-9-11-13-20-33-41-25(23-51-33)35(45)55-32(40(4,38(48)50-6)30(44)16-8-2)19-14-17-27-28(53-27)21-22-34-42-26(24-52-34)36(46)54-31;1-7-19-29(43)39(3,37(47)49-5)31-21-15-11-9-13-17-24-34-42-28(26-52-34)36(46)54-32(40(4,38(48)50-6)30(44)20-8-2)22-16-12-10-14-18-23-33-41-27(25-51-33)35(45)53-31/h7-17,20-24,27-32,43-44H,18-19H2,1-6H3;7-20,23-26,29-32,43-44H,21-22H2,1-6H3/b11-9+,12-10-,15-7+,16-8+,17-14-,20-13+,22-21+;13-9+,14-10+,15-11-,16-12-,19-7+,20-8+,23-18+,24-17+. The van der Waals surface area contributed by atoms with Crippen molar-refractivity contribution in [3.63, 3.8) is 0 Å². The van der Waals surface area contributed by atoms with E-state index in [9.17, 15) is 58.8 Å². The summed E-state index contributed by atoms with van der Waals surface area (Å²) in [7, 11) is 4.70. The molecule has 0 amide bonds. The van der Waals surface area contributed by atoms with Crippen molar-refractivity contribution >= 4 is 72.1 Å². The minimum atomic E-state index is -1.72. The number of fused-ring (bicyclic) bond motifs is 9. The molecule has 4 aromatic rings. The number of methoxy groups -OCH3 is 4. The summed E-state index contributed by atoms with van der Waals surface area (Å²) in [5, 5.41) is 44.0. The number of esters is 8. The molecule has 1 saturated heterocycles. The van der Waals surface area contributed by atoms with E-state index in [0.717, 1.165) is 25.1 Å². The van der Waals surface area contributed by atoms with Crippen LogP contribution in [0, 0.1) is 21.7 Å². The van der Waals surface area contributed by atoms with E-state index >= 15 is 0 Å². The molecule has 3 aliphatic rings. The van der Waals surface area contributed by atoms with Crippen LogP contribution in [0.3, 0.4) is 0 Å². The van der Waals surface area contributed by atoms with Gasteiger partial charge in [-0.15, -0.1) is 0 Å². The smallest absolute Gasteiger partial charge is 0.360 e. The number of nitrogens with zero attached hydrogens (tertiary/aromatic N) is 4. The molecule has 0 radical (unpaired) electrons. The van der Waals surface area contributed by atoms with Gasteiger partial charge in [-0.2, -0.15) is 0 Å². The van der Waals surface area contributed by atoms with Gasteiger partial charge >= 0.3 is 47.8 Å². The first-order valence-corrected chi connectivity index (χ1v) is 34.4. The SMILES string of the molecule is C/C=C/C(O)C(C)(C(=O)OC)C1C/C=C\C2OC2/C=C/c2nc(co2)C(=O)OC(C(C)(C(=O)OC)C(O)/C=C/C)C\C=C/C=C/C=C/c2nc(co2)C(=O)O1.C/C=C/C(O)C(C)(C(=O)OC)C1C\C=C/C=C/C=C/c2nc(co2)C(=O)OC(C(C)(C(=O)OC)C(O)/C=C/C)C\C=C/C=C/C=C/c2nc(co2)C(=O)O1. The minimum Gasteiger partial charge on any atom is -0.468 e. The summed E-state index contributed by atoms with van der Waals surface area (Å²) in [6.45, 7) is 12.5. The predicted octanol–water partition coefficient (Wildman–Crippen LogP) is 10.6. The molecule has 1 fully saturated rings. The Bertz CT molecular complexity index is 4120. The molecule has 7 heterocycles. The zero-order chi connectivity index (χ0) is 79.9. The Labute approximate surface area is 630 Å². The Kier molecular flexibility index (Phi) is 33.0. The van der Waals surface area contributed by atoms with Gasteiger partial charge in [0.2, 0.25) is 23.6 Å². The highest BCUT2D eigenvalue weighted by atomic mass is 16.6. The monoisotopic (exact) mass is 1510 g/mol. The number of ether oxygens (including phenoxy) is 9. The molecule has 14 unspecified atom stereocenters. The molecule has 4 N–H and O–H groups in total. The highest BCUT2D eigenvalue weighted by Gasteiger charge is 2.54. The van der Waals surface area contributed by atoms with Crippen molar-refractivity contribution in [2.75, 3.05) is 28.4 Å². The summed E-state index contributed by atoms with van der Waals surface area (Å²) in [5.74, 6) is -6.47. The van der Waals surface area contributed by atoms with Crippen molar-refractivity contribution < 1.29 is 119 Å². The summed E-state index contributed by atoms with van der Waals surface area (Å²) >= 11 is 0. The summed E-state index contributed by atoms with van der Waals surface area (Å²) in [6.07, 6.45) is 40.5. The van der Waals surface area contributed by atoms with Crippen LogP contribution < -0.4 is 0 Å². The number of hydrogen-bond acceptors (Lipinski definition) is 29. The molecule has 29 nitrogen and oxygen atoms in total. The van der Waals surface area contributed by atoms with Crippen LogP contribution in [0.15, 0.2) is 201 Å². The van der Waals surface area contributed by atoms with Crippen LogP contribution in [-0.4, -0.2) is 178 Å². The average molecular weight is 1510 g/mol. The Morgan fingerprint density at radius 2 is 0.615 bits per heavy atom. The quantitative estimate of drug-likeness (QED) is 0.0350. The lowest BCUT2D eigenvalue weighted by molar-refractivity contribution is -0.168. The maximum atomic E-state index is 13.3. The van der Waals surface area contributed by atoms with E-state index in [1.54, 1.807) is 161 Å². The van der Waals surface area contributed by atoms with E-state index in [1.165, 1.54) is 105 Å². The Morgan fingerprint density at radius 1 is 0.376 bits per heavy atom. The van der Waals surface area contributed by atoms with Crippen molar-refractivity contribution in [2.24, 2.45) is 21.7 Å². The number of carbonyl (C=O) groups excluding carboxylic acids is 8. The lowest BCUT2D eigenvalue weighted by Crippen LogP contribution is -2.50. The van der Waals surface area contributed by atoms with Gasteiger partial charge in [0.25, 0.3) is 0 Å². The first kappa shape index (κ1) is 86.4. The molecule has 582 valence electrons. The van der Waals surface area contributed by atoms with E-state index in [-0.39, 0.29) is 72.0 Å². The Hall–Kier alpha value is -11.5. The number of hydrogen-bond donors (Lipinski definition) is 4. The van der Waals surface area contributed by atoms with E-state index < -0.39 is 130 Å². The summed E-state index contributed by atoms with van der Waals surface area (Å²) in [4.78, 5) is 122. The molecule has 29 heteroatoms. The average Bonchev–Trinajstić information content (AvgIpc) is 1.52. The van der Waals surface area contributed by atoms with Gasteiger partial charge in [0.05, 0.1) is 52.9 Å². The lowest BCUT2D eigenvalue weighted by Gasteiger charge is -2.36. The number of allylic oxidation sites excluding steroid dienone is 16. The van der Waals surface area contributed by atoms with Gasteiger partial charge < -0.3 is 80.7 Å². The van der Waals surface area contributed by atoms with Crippen molar-refractivity contribution in [2.45, 2.75) is 142 Å². The van der Waals surface area contributed by atoms with Gasteiger partial charge in [0.1, 0.15) is 83.3 Å². The number of oxazole rings is 4. The van der Waals surface area contributed by atoms with Crippen LogP contribution in [0.25, 0.3) is 24.3 Å². The van der Waals surface area contributed by atoms with E-state index in [2.05, 4.69) is 19.9 Å². The molecule has 4 aromatic heterocycles. The van der Waals surface area contributed by atoms with Crippen molar-refractivity contribution in [3.8, 4) is 0 Å². The van der Waals surface area contributed by atoms with Crippen molar-refractivity contribution in [1.82, 2.24) is 19.9 Å². The number of rotatable bonds is 16. The van der Waals surface area contributed by atoms with Crippen molar-refractivity contribution in [3.05, 3.63) is 229 Å². The second kappa shape index (κ2) is 41.6. The summed E-state index contributed by atoms with van der Waals surface area (Å²) < 4.78 is 70.6. The number of carbonyl (C=O) groups is 8. The fraction of sp³-hybridized carbons (Fsp3) is 0.375. The largest absolute Gasteiger partial charge is 0.468 e. The first-order valence-electron chi connectivity index (χ1n) is 34.4. The van der Waals surface area contributed by atoms with Crippen LogP contribution in [0.5, 0.6) is 0 Å². The second-order valence-electron chi connectivity index (χ2n) is 25.2. The van der Waals surface area contributed by atoms with Crippen LogP contribution >= 0.6 is 0 Å². The third-order valence-electron chi connectivity index (χ3n) is 17.9. The van der Waals surface area contributed by atoms with Gasteiger partial charge in [0, 0.05) is 43.9 Å². The predicted molar refractivity (Wildman–Crippen MR) is 394 cm³/mol. The van der Waals surface area contributed by atoms with Gasteiger partial charge in [-0.3, -0.25) is 19.2 Å². The number of aliphatic hydroxyl groups excluding tert-OH is 4. The van der Waals surface area contributed by atoms with Gasteiger partial charge in [-0.05, 0) is 67.5 Å². The summed E-state index contributed by atoms with van der Waals surface area (Å²) in [5.41, 5.74) is -7.52. The third kappa shape index (κ3) is 22.5. The molecule has 0 aliphatic carbocycles. The van der Waals surface area contributed by atoms with Gasteiger partial charge in [-0.25, -0.2) is 39.1 Å². The van der Waals surface area contributed by atoms with E-state index in [4.69, 9.17) is 60.3 Å². The van der Waals surface area contributed by atoms with Crippen LogP contribution in [0.4, 0.5) is 0 Å². The number of aliphatic hydroxyl groups is 4. The Morgan fingerprint density at radius 3 is 0.872 bits per heavy atom. The molecule has 0 saturated carbocycles. The maximum Gasteiger partial charge on any atom is 0.360 e. The summed E-state index contributed by atoms with van der Waals surface area (Å²) in [6, 6.07) is 0. The second-order valence-corrected chi connectivity index (χ2v) is 25.2. The van der Waals surface area contributed by atoms with Gasteiger partial charge in [-0.1, -0.05) is 152 Å². The van der Waals surface area contributed by atoms with E-state index in [0.29, 0.717) is 0 Å².